The van der Waals surface area contributed by atoms with Crippen molar-refractivity contribution in [3.8, 4) is 5.75 Å². The monoisotopic (exact) mass is 389 g/mol. The van der Waals surface area contributed by atoms with Crippen LogP contribution in [0.1, 0.15) is 50.8 Å². The van der Waals surface area contributed by atoms with Crippen LogP contribution in [0.5, 0.6) is 5.75 Å². The lowest BCUT2D eigenvalue weighted by atomic mass is 10.0. The van der Waals surface area contributed by atoms with Gasteiger partial charge in [0.15, 0.2) is 15.9 Å². The van der Waals surface area contributed by atoms with Crippen LogP contribution in [0.25, 0.3) is 0 Å². The van der Waals surface area contributed by atoms with Gasteiger partial charge in [0.25, 0.3) is 5.91 Å². The molecule has 0 aromatic heterocycles. The van der Waals surface area contributed by atoms with E-state index in [-0.39, 0.29) is 16.8 Å². The molecule has 0 fully saturated rings. The molecule has 0 unspecified atom stereocenters. The Balaban J connectivity index is 2.04. The fourth-order valence-corrected chi connectivity index (χ4v) is 3.36. The molecule has 0 heterocycles. The van der Waals surface area contributed by atoms with Crippen LogP contribution in [0, 0.1) is 0 Å². The first kappa shape index (κ1) is 21.0. The van der Waals surface area contributed by atoms with Gasteiger partial charge in [0.05, 0.1) is 10.9 Å². The van der Waals surface area contributed by atoms with Crippen LogP contribution in [0.4, 0.5) is 0 Å². The van der Waals surface area contributed by atoms with E-state index in [1.54, 1.807) is 31.2 Å². The predicted octanol–water partition coefficient (Wildman–Crippen LogP) is 3.86. The Labute approximate surface area is 161 Å². The number of carbonyl (C=O) groups excluding carboxylic acids is 1. The van der Waals surface area contributed by atoms with Gasteiger partial charge >= 0.3 is 0 Å². The summed E-state index contributed by atoms with van der Waals surface area (Å²) < 4.78 is 29.0. The molecule has 0 aliphatic rings. The minimum absolute atomic E-state index is 0.228. The molecule has 6 heteroatoms. The second kappa shape index (κ2) is 8.57. The van der Waals surface area contributed by atoms with Crippen molar-refractivity contribution in [3.63, 3.8) is 0 Å². The number of sulfone groups is 1. The number of rotatable bonds is 7. The average Bonchev–Trinajstić information content (AvgIpc) is 2.61. The van der Waals surface area contributed by atoms with Crippen molar-refractivity contribution in [2.45, 2.75) is 50.7 Å². The van der Waals surface area contributed by atoms with Crippen molar-refractivity contribution in [2.75, 3.05) is 6.26 Å². The summed E-state index contributed by atoms with van der Waals surface area (Å²) in [6.45, 7) is 7.72. The number of nitrogens with one attached hydrogen (secondary N) is 1. The van der Waals surface area contributed by atoms with Crippen molar-refractivity contribution in [3.05, 3.63) is 59.7 Å². The highest BCUT2D eigenvalue weighted by Gasteiger charge is 2.19. The molecule has 2 atom stereocenters. The van der Waals surface area contributed by atoms with Crippen molar-refractivity contribution in [1.82, 2.24) is 5.32 Å². The third-order valence-electron chi connectivity index (χ3n) is 4.38. The van der Waals surface area contributed by atoms with Crippen LogP contribution in [0.15, 0.2) is 53.4 Å². The molecule has 0 spiro atoms. The van der Waals surface area contributed by atoms with Gasteiger partial charge < -0.3 is 10.1 Å². The SMILES string of the molecule is CC(C)c1ccccc1O[C@H](C)C(=O)N[C@@H](C)c1ccc(S(C)(=O)=O)cc1. The molecular weight excluding hydrogens is 362 g/mol. The first-order valence-corrected chi connectivity index (χ1v) is 10.8. The highest BCUT2D eigenvalue weighted by molar-refractivity contribution is 7.90. The maximum absolute atomic E-state index is 12.5. The molecule has 27 heavy (non-hydrogen) atoms. The van der Waals surface area contributed by atoms with Gasteiger partial charge in [-0.15, -0.1) is 0 Å². The van der Waals surface area contributed by atoms with Gasteiger partial charge in [-0.1, -0.05) is 44.2 Å². The van der Waals surface area contributed by atoms with Gasteiger partial charge in [0.1, 0.15) is 5.75 Å². The van der Waals surface area contributed by atoms with Crippen molar-refractivity contribution in [1.29, 1.82) is 0 Å². The number of ether oxygens (including phenoxy) is 1. The van der Waals surface area contributed by atoms with E-state index in [2.05, 4.69) is 19.2 Å². The Morgan fingerprint density at radius 2 is 1.56 bits per heavy atom. The highest BCUT2D eigenvalue weighted by atomic mass is 32.2. The first-order valence-electron chi connectivity index (χ1n) is 8.95. The summed E-state index contributed by atoms with van der Waals surface area (Å²) in [7, 11) is -3.23. The summed E-state index contributed by atoms with van der Waals surface area (Å²) in [5.74, 6) is 0.775. The third-order valence-corrected chi connectivity index (χ3v) is 5.51. The predicted molar refractivity (Wildman–Crippen MR) is 107 cm³/mol. The van der Waals surface area contributed by atoms with E-state index in [9.17, 15) is 13.2 Å². The zero-order valence-electron chi connectivity index (χ0n) is 16.4. The molecule has 2 aromatic carbocycles. The number of hydrogen-bond donors (Lipinski definition) is 1. The molecule has 0 saturated heterocycles. The van der Waals surface area contributed by atoms with Crippen LogP contribution in [-0.2, 0) is 14.6 Å². The van der Waals surface area contributed by atoms with E-state index in [0.717, 1.165) is 11.1 Å². The second-order valence-corrected chi connectivity index (χ2v) is 9.04. The van der Waals surface area contributed by atoms with Crippen molar-refractivity contribution < 1.29 is 17.9 Å². The summed E-state index contributed by atoms with van der Waals surface area (Å²) in [5, 5.41) is 2.91. The number of carbonyl (C=O) groups is 1. The topological polar surface area (TPSA) is 72.5 Å². The smallest absolute Gasteiger partial charge is 0.261 e. The zero-order valence-corrected chi connectivity index (χ0v) is 17.2. The Morgan fingerprint density at radius 1 is 0.963 bits per heavy atom. The molecule has 1 N–H and O–H groups in total. The van der Waals surface area contributed by atoms with Crippen LogP contribution in [0.2, 0.25) is 0 Å². The minimum Gasteiger partial charge on any atom is -0.481 e. The molecule has 5 nitrogen and oxygen atoms in total. The summed E-state index contributed by atoms with van der Waals surface area (Å²) in [4.78, 5) is 12.8. The molecule has 2 aromatic rings. The molecule has 2 rings (SSSR count). The van der Waals surface area contributed by atoms with Gasteiger partial charge in [-0.05, 0) is 49.1 Å². The fourth-order valence-electron chi connectivity index (χ4n) is 2.73. The zero-order chi connectivity index (χ0) is 20.2. The van der Waals surface area contributed by atoms with Crippen molar-refractivity contribution >= 4 is 15.7 Å². The maximum atomic E-state index is 12.5. The first-order chi connectivity index (χ1) is 12.6. The molecule has 1 amide bonds. The van der Waals surface area contributed by atoms with Crippen LogP contribution >= 0.6 is 0 Å². The Hall–Kier alpha value is -2.34. The van der Waals surface area contributed by atoms with E-state index in [4.69, 9.17) is 4.74 Å². The van der Waals surface area contributed by atoms with Gasteiger partial charge in [-0.3, -0.25) is 4.79 Å². The van der Waals surface area contributed by atoms with Gasteiger partial charge in [-0.25, -0.2) is 8.42 Å². The van der Waals surface area contributed by atoms with Crippen LogP contribution in [-0.4, -0.2) is 26.7 Å². The standard InChI is InChI=1S/C21H27NO4S/c1-14(2)19-8-6-7-9-20(19)26-16(4)21(23)22-15(3)17-10-12-18(13-11-17)27(5,24)25/h6-16H,1-5H3,(H,22,23)/t15-,16+/m0/s1. The lowest BCUT2D eigenvalue weighted by molar-refractivity contribution is -0.127. The summed E-state index contributed by atoms with van der Waals surface area (Å²) >= 11 is 0. The molecule has 0 aliphatic carbocycles. The number of amides is 1. The molecule has 0 bridgehead atoms. The van der Waals surface area contributed by atoms with Gasteiger partial charge in [0.2, 0.25) is 0 Å². The number of hydrogen-bond acceptors (Lipinski definition) is 4. The lowest BCUT2D eigenvalue weighted by Gasteiger charge is -2.21. The molecule has 0 radical (unpaired) electrons. The molecule has 146 valence electrons. The summed E-state index contributed by atoms with van der Waals surface area (Å²) in [6.07, 6.45) is 0.518. The van der Waals surface area contributed by atoms with E-state index in [1.807, 2.05) is 31.2 Å². The normalized spacial score (nSPS) is 13.9. The summed E-state index contributed by atoms with van der Waals surface area (Å²) in [5.41, 5.74) is 1.88. The Bertz CT molecular complexity index is 889. The highest BCUT2D eigenvalue weighted by Crippen LogP contribution is 2.27. The van der Waals surface area contributed by atoms with E-state index in [0.29, 0.717) is 11.7 Å². The average molecular weight is 390 g/mol. The molecular formula is C21H27NO4S. The van der Waals surface area contributed by atoms with E-state index < -0.39 is 15.9 Å². The Kier molecular flexibility index (Phi) is 6.65. The molecule has 0 aliphatic heterocycles. The number of benzene rings is 2. The van der Waals surface area contributed by atoms with Gasteiger partial charge in [0, 0.05) is 6.26 Å². The van der Waals surface area contributed by atoms with E-state index >= 15 is 0 Å². The van der Waals surface area contributed by atoms with Crippen LogP contribution < -0.4 is 10.1 Å². The van der Waals surface area contributed by atoms with Crippen molar-refractivity contribution in [2.24, 2.45) is 0 Å². The maximum Gasteiger partial charge on any atom is 0.261 e. The van der Waals surface area contributed by atoms with Crippen LogP contribution in [0.3, 0.4) is 0 Å². The Morgan fingerprint density at radius 3 is 2.11 bits per heavy atom. The quantitative estimate of drug-likeness (QED) is 0.780. The van der Waals surface area contributed by atoms with E-state index in [1.165, 1.54) is 6.26 Å². The minimum atomic E-state index is -3.23. The fraction of sp³-hybridized carbons (Fsp3) is 0.381. The number of para-hydroxylation sites is 1. The van der Waals surface area contributed by atoms with Gasteiger partial charge in [-0.2, -0.15) is 0 Å². The largest absolute Gasteiger partial charge is 0.481 e. The molecule has 0 saturated carbocycles. The lowest BCUT2D eigenvalue weighted by Crippen LogP contribution is -2.37. The third kappa shape index (κ3) is 5.57. The second-order valence-electron chi connectivity index (χ2n) is 7.02. The summed E-state index contributed by atoms with van der Waals surface area (Å²) in [6, 6.07) is 14.0.